The van der Waals surface area contributed by atoms with Crippen molar-refractivity contribution in [1.82, 2.24) is 4.98 Å². The van der Waals surface area contributed by atoms with Gasteiger partial charge in [0.2, 0.25) is 0 Å². The average molecular weight is 213 g/mol. The van der Waals surface area contributed by atoms with Crippen molar-refractivity contribution in [3.8, 4) is 0 Å². The van der Waals surface area contributed by atoms with E-state index in [2.05, 4.69) is 4.98 Å². The minimum atomic E-state index is 0.180. The summed E-state index contributed by atoms with van der Waals surface area (Å²) in [6, 6.07) is 0. The van der Waals surface area contributed by atoms with E-state index >= 15 is 0 Å². The number of aromatic nitrogens is 1. The highest BCUT2D eigenvalue weighted by molar-refractivity contribution is 7.09. The molecule has 1 aromatic rings. The Morgan fingerprint density at radius 1 is 1.57 bits per heavy atom. The third-order valence-electron chi connectivity index (χ3n) is 1.92. The van der Waals surface area contributed by atoms with Gasteiger partial charge in [0, 0.05) is 17.7 Å². The Balaban J connectivity index is 2.10. The molecule has 0 aliphatic rings. The van der Waals surface area contributed by atoms with Crippen molar-refractivity contribution in [2.75, 3.05) is 13.2 Å². The highest BCUT2D eigenvalue weighted by atomic mass is 32.1. The molecule has 14 heavy (non-hydrogen) atoms. The third-order valence-corrected chi connectivity index (χ3v) is 2.91. The third kappa shape index (κ3) is 3.98. The second-order valence-corrected chi connectivity index (χ2v) is 4.11. The molecular formula is C10H15NO2S. The number of hydrogen-bond acceptors (Lipinski definition) is 4. The van der Waals surface area contributed by atoms with E-state index in [0.717, 1.165) is 12.1 Å². The van der Waals surface area contributed by atoms with Crippen LogP contribution in [0.15, 0.2) is 5.51 Å². The quantitative estimate of drug-likeness (QED) is 0.678. The second-order valence-electron chi connectivity index (χ2n) is 3.18. The molecule has 0 aliphatic heterocycles. The molecule has 78 valence electrons. The Kier molecular flexibility index (Phi) is 4.76. The molecule has 0 spiro atoms. The maximum Gasteiger partial charge on any atom is 0.132 e. The molecule has 0 N–H and O–H groups in total. The number of rotatable bonds is 6. The molecule has 1 rings (SSSR count). The number of carbonyl (C=O) groups is 1. The van der Waals surface area contributed by atoms with Gasteiger partial charge in [-0.25, -0.2) is 4.98 Å². The van der Waals surface area contributed by atoms with Gasteiger partial charge < -0.3 is 4.74 Å². The van der Waals surface area contributed by atoms with Crippen molar-refractivity contribution in [2.45, 2.75) is 26.7 Å². The molecule has 0 saturated carbocycles. The summed E-state index contributed by atoms with van der Waals surface area (Å²) >= 11 is 1.66. The normalized spacial score (nSPS) is 10.4. The van der Waals surface area contributed by atoms with E-state index in [1.54, 1.807) is 18.3 Å². The smallest absolute Gasteiger partial charge is 0.132 e. The lowest BCUT2D eigenvalue weighted by Crippen LogP contribution is -2.03. The minimum absolute atomic E-state index is 0.180. The van der Waals surface area contributed by atoms with Gasteiger partial charge in [-0.3, -0.25) is 4.79 Å². The first-order valence-corrected chi connectivity index (χ1v) is 5.54. The molecule has 0 unspecified atom stereocenters. The van der Waals surface area contributed by atoms with Crippen molar-refractivity contribution < 1.29 is 9.53 Å². The van der Waals surface area contributed by atoms with Gasteiger partial charge in [-0.05, 0) is 13.8 Å². The zero-order valence-corrected chi connectivity index (χ0v) is 9.39. The molecule has 0 aliphatic carbocycles. The summed E-state index contributed by atoms with van der Waals surface area (Å²) in [6.07, 6.45) is 1.41. The highest BCUT2D eigenvalue weighted by Gasteiger charge is 2.00. The number of aryl methyl sites for hydroxylation is 1. The number of ketones is 1. The van der Waals surface area contributed by atoms with Gasteiger partial charge in [0.1, 0.15) is 5.78 Å². The van der Waals surface area contributed by atoms with Gasteiger partial charge in [0.15, 0.2) is 0 Å². The maximum atomic E-state index is 10.6. The highest BCUT2D eigenvalue weighted by Crippen LogP contribution is 2.12. The first kappa shape index (κ1) is 11.3. The molecule has 1 aromatic heterocycles. The van der Waals surface area contributed by atoms with E-state index in [4.69, 9.17) is 4.74 Å². The summed E-state index contributed by atoms with van der Waals surface area (Å²) in [5.41, 5.74) is 2.94. The molecule has 0 saturated heterocycles. The van der Waals surface area contributed by atoms with Crippen LogP contribution in [0.5, 0.6) is 0 Å². The van der Waals surface area contributed by atoms with Crippen molar-refractivity contribution in [3.63, 3.8) is 0 Å². The van der Waals surface area contributed by atoms with Gasteiger partial charge in [0.25, 0.3) is 0 Å². The van der Waals surface area contributed by atoms with Crippen LogP contribution < -0.4 is 0 Å². The van der Waals surface area contributed by atoms with Crippen molar-refractivity contribution in [3.05, 3.63) is 16.1 Å². The molecule has 0 fully saturated rings. The number of thiazole rings is 1. The van der Waals surface area contributed by atoms with Gasteiger partial charge in [0.05, 0.1) is 24.4 Å². The van der Waals surface area contributed by atoms with Crippen LogP contribution >= 0.6 is 11.3 Å². The topological polar surface area (TPSA) is 39.2 Å². The standard InChI is InChI=1S/C10H15NO2S/c1-8(12)3-5-13-6-4-10-9(2)11-7-14-10/h7H,3-6H2,1-2H3. The van der Waals surface area contributed by atoms with E-state index < -0.39 is 0 Å². The van der Waals surface area contributed by atoms with Crippen molar-refractivity contribution in [2.24, 2.45) is 0 Å². The predicted molar refractivity (Wildman–Crippen MR) is 56.7 cm³/mol. The number of Topliss-reactive ketones (excluding diaryl/α,β-unsaturated/α-hetero) is 1. The molecule has 0 bridgehead atoms. The fraction of sp³-hybridized carbons (Fsp3) is 0.600. The fourth-order valence-corrected chi connectivity index (χ4v) is 1.81. The first-order chi connectivity index (χ1) is 6.70. The van der Waals surface area contributed by atoms with Gasteiger partial charge in [-0.2, -0.15) is 0 Å². The Morgan fingerprint density at radius 3 is 2.93 bits per heavy atom. The zero-order chi connectivity index (χ0) is 10.4. The number of hydrogen-bond donors (Lipinski definition) is 0. The summed E-state index contributed by atoms with van der Waals surface area (Å²) in [6.45, 7) is 4.79. The van der Waals surface area contributed by atoms with Crippen LogP contribution in [0, 0.1) is 6.92 Å². The van der Waals surface area contributed by atoms with Crippen LogP contribution in [0.2, 0.25) is 0 Å². The summed E-state index contributed by atoms with van der Waals surface area (Å²) in [4.78, 5) is 16.0. The number of nitrogens with zero attached hydrogens (tertiary/aromatic N) is 1. The van der Waals surface area contributed by atoms with E-state index in [0.29, 0.717) is 19.6 Å². The summed E-state index contributed by atoms with van der Waals surface area (Å²) in [5.74, 6) is 0.180. The summed E-state index contributed by atoms with van der Waals surface area (Å²) in [7, 11) is 0. The van der Waals surface area contributed by atoms with Crippen molar-refractivity contribution >= 4 is 17.1 Å². The fourth-order valence-electron chi connectivity index (χ4n) is 1.05. The van der Waals surface area contributed by atoms with Crippen molar-refractivity contribution in [1.29, 1.82) is 0 Å². The predicted octanol–water partition coefficient (Wildman–Crippen LogP) is 1.99. The van der Waals surface area contributed by atoms with Crippen LogP contribution in [0.3, 0.4) is 0 Å². The number of ether oxygens (including phenoxy) is 1. The molecule has 3 nitrogen and oxygen atoms in total. The largest absolute Gasteiger partial charge is 0.381 e. The Hall–Kier alpha value is -0.740. The van der Waals surface area contributed by atoms with Crippen LogP contribution in [0.25, 0.3) is 0 Å². The minimum Gasteiger partial charge on any atom is -0.381 e. The molecular weight excluding hydrogens is 198 g/mol. The Morgan fingerprint density at radius 2 is 2.36 bits per heavy atom. The van der Waals surface area contributed by atoms with E-state index in [9.17, 15) is 4.79 Å². The van der Waals surface area contributed by atoms with Gasteiger partial charge in [-0.15, -0.1) is 11.3 Å². The lowest BCUT2D eigenvalue weighted by atomic mass is 10.3. The molecule has 0 aromatic carbocycles. The second kappa shape index (κ2) is 5.88. The summed E-state index contributed by atoms with van der Waals surface area (Å²) < 4.78 is 5.33. The van der Waals surface area contributed by atoms with Crippen LogP contribution in [0.4, 0.5) is 0 Å². The van der Waals surface area contributed by atoms with Crippen LogP contribution in [-0.2, 0) is 16.0 Å². The Labute approximate surface area is 88.1 Å². The lowest BCUT2D eigenvalue weighted by Gasteiger charge is -2.01. The van der Waals surface area contributed by atoms with Gasteiger partial charge in [-0.1, -0.05) is 0 Å². The summed E-state index contributed by atoms with van der Waals surface area (Å²) in [5, 5.41) is 0. The Bertz CT molecular complexity index is 296. The van der Waals surface area contributed by atoms with Crippen LogP contribution in [0.1, 0.15) is 23.9 Å². The van der Waals surface area contributed by atoms with E-state index in [1.165, 1.54) is 4.88 Å². The van der Waals surface area contributed by atoms with Crippen LogP contribution in [-0.4, -0.2) is 24.0 Å². The van der Waals surface area contributed by atoms with E-state index in [-0.39, 0.29) is 5.78 Å². The number of carbonyl (C=O) groups excluding carboxylic acids is 1. The average Bonchev–Trinajstić information content (AvgIpc) is 2.51. The monoisotopic (exact) mass is 213 g/mol. The first-order valence-electron chi connectivity index (χ1n) is 4.66. The molecule has 0 atom stereocenters. The maximum absolute atomic E-state index is 10.6. The van der Waals surface area contributed by atoms with Gasteiger partial charge >= 0.3 is 0 Å². The molecule has 4 heteroatoms. The molecule has 0 amide bonds. The zero-order valence-electron chi connectivity index (χ0n) is 8.58. The molecule has 0 radical (unpaired) electrons. The lowest BCUT2D eigenvalue weighted by molar-refractivity contribution is -0.118. The molecule has 1 heterocycles. The van der Waals surface area contributed by atoms with E-state index in [1.807, 2.05) is 12.4 Å². The SMILES string of the molecule is CC(=O)CCOCCc1scnc1C.